The molecule has 5 heteroatoms. The molecular weight excluding hydrogens is 312 g/mol. The lowest BCUT2D eigenvalue weighted by Crippen LogP contribution is -2.28. The molecule has 2 aromatic carbocycles. The first-order valence-electron chi connectivity index (χ1n) is 7.74. The third-order valence-electron chi connectivity index (χ3n) is 4.17. The zero-order valence-electron chi connectivity index (χ0n) is 13.6. The van der Waals surface area contributed by atoms with Crippen LogP contribution in [0.5, 0.6) is 11.5 Å². The maximum Gasteiger partial charge on any atom is 0.161 e. The molecule has 1 N–H and O–H groups in total. The second-order valence-corrected chi connectivity index (χ2v) is 5.61. The Morgan fingerprint density at radius 2 is 1.83 bits per heavy atom. The van der Waals surface area contributed by atoms with Gasteiger partial charge in [0.1, 0.15) is 11.6 Å². The highest BCUT2D eigenvalue weighted by molar-refractivity contribution is 5.55. The summed E-state index contributed by atoms with van der Waals surface area (Å²) in [4.78, 5) is 0. The topological polar surface area (TPSA) is 30.5 Å². The molecule has 1 aliphatic rings. The van der Waals surface area contributed by atoms with Crippen molar-refractivity contribution in [1.29, 1.82) is 0 Å². The predicted octanol–water partition coefficient (Wildman–Crippen LogP) is 3.88. The fourth-order valence-electron chi connectivity index (χ4n) is 2.92. The molecule has 0 aromatic heterocycles. The van der Waals surface area contributed by atoms with Gasteiger partial charge >= 0.3 is 0 Å². The van der Waals surface area contributed by atoms with Crippen molar-refractivity contribution in [3.63, 3.8) is 0 Å². The van der Waals surface area contributed by atoms with Gasteiger partial charge in [-0.15, -0.1) is 0 Å². The molecule has 0 aliphatic carbocycles. The molecule has 1 aliphatic heterocycles. The summed E-state index contributed by atoms with van der Waals surface area (Å²) in [6.45, 7) is 0.809. The molecule has 1 heterocycles. The molecule has 24 heavy (non-hydrogen) atoms. The highest BCUT2D eigenvalue weighted by atomic mass is 19.1. The van der Waals surface area contributed by atoms with Gasteiger partial charge in [0.15, 0.2) is 11.5 Å². The molecule has 0 fully saturated rings. The van der Waals surface area contributed by atoms with E-state index in [0.717, 1.165) is 24.6 Å². The van der Waals surface area contributed by atoms with Crippen LogP contribution in [-0.2, 0) is 6.42 Å². The second-order valence-electron chi connectivity index (χ2n) is 5.61. The monoisotopic (exact) mass is 331 g/mol. The molecule has 0 amide bonds. The number of ether oxygens (including phenoxy) is 2. The van der Waals surface area contributed by atoms with E-state index in [4.69, 9.17) is 9.47 Å². The first-order chi connectivity index (χ1) is 11.6. The summed E-state index contributed by atoms with van der Waals surface area (Å²) >= 11 is 0. The molecule has 126 valence electrons. The molecule has 0 saturated carbocycles. The average molecular weight is 331 g/mol. The smallest absolute Gasteiger partial charge is 0.161 e. The Labute approximate surface area is 139 Å². The number of hydrogen-bond donors (Lipinski definition) is 1. The number of fused-ring (bicyclic) bond motifs is 1. The summed E-state index contributed by atoms with van der Waals surface area (Å²) in [5, 5.41) is 3.39. The van der Waals surface area contributed by atoms with Crippen LogP contribution in [0.25, 0.3) is 6.08 Å². The Bertz CT molecular complexity index is 774. The zero-order valence-corrected chi connectivity index (χ0v) is 13.6. The number of nitrogens with one attached hydrogen (secondary N) is 1. The van der Waals surface area contributed by atoms with Crippen LogP contribution in [0.3, 0.4) is 0 Å². The van der Waals surface area contributed by atoms with Crippen molar-refractivity contribution in [2.24, 2.45) is 0 Å². The maximum atomic E-state index is 13.8. The van der Waals surface area contributed by atoms with Crippen molar-refractivity contribution in [1.82, 2.24) is 5.32 Å². The molecule has 0 saturated heterocycles. The van der Waals surface area contributed by atoms with Gasteiger partial charge in [-0.1, -0.05) is 12.2 Å². The van der Waals surface area contributed by atoms with E-state index < -0.39 is 11.6 Å². The van der Waals surface area contributed by atoms with E-state index in [9.17, 15) is 8.78 Å². The van der Waals surface area contributed by atoms with E-state index in [1.54, 1.807) is 20.3 Å². The number of halogens is 2. The van der Waals surface area contributed by atoms with Gasteiger partial charge in [-0.2, -0.15) is 0 Å². The van der Waals surface area contributed by atoms with Crippen LogP contribution < -0.4 is 14.8 Å². The summed E-state index contributed by atoms with van der Waals surface area (Å²) in [5.41, 5.74) is 2.59. The molecule has 1 atom stereocenters. The molecule has 0 radical (unpaired) electrons. The van der Waals surface area contributed by atoms with Crippen LogP contribution in [0.2, 0.25) is 0 Å². The van der Waals surface area contributed by atoms with Crippen molar-refractivity contribution in [3.8, 4) is 11.5 Å². The summed E-state index contributed by atoms with van der Waals surface area (Å²) in [6.07, 6.45) is 4.42. The van der Waals surface area contributed by atoms with Gasteiger partial charge in [0.2, 0.25) is 0 Å². The van der Waals surface area contributed by atoms with E-state index in [1.807, 2.05) is 18.2 Å². The minimum absolute atomic E-state index is 0.0713. The molecule has 0 bridgehead atoms. The normalized spacial score (nSPS) is 16.9. The number of benzene rings is 2. The molecule has 2 aromatic rings. The van der Waals surface area contributed by atoms with Crippen molar-refractivity contribution >= 4 is 6.08 Å². The van der Waals surface area contributed by atoms with E-state index in [2.05, 4.69) is 5.32 Å². The van der Waals surface area contributed by atoms with Crippen LogP contribution in [0.1, 0.15) is 22.7 Å². The van der Waals surface area contributed by atoms with Crippen molar-refractivity contribution in [2.75, 3.05) is 20.8 Å². The number of rotatable bonds is 4. The largest absolute Gasteiger partial charge is 0.493 e. The highest BCUT2D eigenvalue weighted by Gasteiger charge is 2.20. The summed E-state index contributed by atoms with van der Waals surface area (Å²) < 4.78 is 37.5. The zero-order chi connectivity index (χ0) is 17.1. The predicted molar refractivity (Wildman–Crippen MR) is 89.4 cm³/mol. The summed E-state index contributed by atoms with van der Waals surface area (Å²) in [5.74, 6) is 0.203. The SMILES string of the molecule is COc1cc2c(cc1OC)C(/C=C/c1ccc(F)cc1F)NCC2. The van der Waals surface area contributed by atoms with Crippen molar-refractivity contribution in [3.05, 3.63) is 64.7 Å². The van der Waals surface area contributed by atoms with Crippen molar-refractivity contribution in [2.45, 2.75) is 12.5 Å². The molecule has 1 unspecified atom stereocenters. The van der Waals surface area contributed by atoms with Gasteiger partial charge in [-0.25, -0.2) is 8.78 Å². The van der Waals surface area contributed by atoms with E-state index in [0.29, 0.717) is 17.1 Å². The Balaban J connectivity index is 1.93. The lowest BCUT2D eigenvalue weighted by molar-refractivity contribution is 0.353. The van der Waals surface area contributed by atoms with Gasteiger partial charge in [0.05, 0.1) is 20.3 Å². The third-order valence-corrected chi connectivity index (χ3v) is 4.17. The highest BCUT2D eigenvalue weighted by Crippen LogP contribution is 2.35. The first kappa shape index (κ1) is 16.5. The molecular formula is C19H19F2NO2. The van der Waals surface area contributed by atoms with Gasteiger partial charge in [-0.05, 0) is 41.8 Å². The average Bonchev–Trinajstić information content (AvgIpc) is 2.59. The summed E-state index contributed by atoms with van der Waals surface area (Å²) in [7, 11) is 3.21. The van der Waals surface area contributed by atoms with Crippen LogP contribution in [-0.4, -0.2) is 20.8 Å². The maximum absolute atomic E-state index is 13.8. The van der Waals surface area contributed by atoms with Crippen LogP contribution >= 0.6 is 0 Å². The standard InChI is InChI=1S/C19H19F2NO2/c1-23-18-9-13-7-8-22-17(15(13)11-19(18)24-2)6-4-12-3-5-14(20)10-16(12)21/h3-6,9-11,17,22H,7-8H2,1-2H3/b6-4+. The Hall–Kier alpha value is -2.40. The van der Waals surface area contributed by atoms with Gasteiger partial charge < -0.3 is 14.8 Å². The van der Waals surface area contributed by atoms with Crippen LogP contribution in [0.15, 0.2) is 36.4 Å². The fraction of sp³-hybridized carbons (Fsp3) is 0.263. The van der Waals surface area contributed by atoms with Gasteiger partial charge in [-0.3, -0.25) is 0 Å². The van der Waals surface area contributed by atoms with E-state index >= 15 is 0 Å². The molecule has 3 nitrogen and oxygen atoms in total. The van der Waals surface area contributed by atoms with E-state index in [-0.39, 0.29) is 6.04 Å². The minimum Gasteiger partial charge on any atom is -0.493 e. The van der Waals surface area contributed by atoms with Gasteiger partial charge in [0, 0.05) is 18.2 Å². The quantitative estimate of drug-likeness (QED) is 0.922. The minimum atomic E-state index is -0.581. The van der Waals surface area contributed by atoms with Crippen LogP contribution in [0, 0.1) is 11.6 Å². The third kappa shape index (κ3) is 3.26. The van der Waals surface area contributed by atoms with E-state index in [1.165, 1.54) is 17.7 Å². The van der Waals surface area contributed by atoms with Crippen LogP contribution in [0.4, 0.5) is 8.78 Å². The Morgan fingerprint density at radius 1 is 1.08 bits per heavy atom. The fourth-order valence-corrected chi connectivity index (χ4v) is 2.92. The molecule has 0 spiro atoms. The molecule has 3 rings (SSSR count). The summed E-state index contributed by atoms with van der Waals surface area (Å²) in [6, 6.07) is 7.41. The lowest BCUT2D eigenvalue weighted by atomic mass is 9.93. The number of methoxy groups -OCH3 is 2. The van der Waals surface area contributed by atoms with Gasteiger partial charge in [0.25, 0.3) is 0 Å². The Kier molecular flexibility index (Phi) is 4.81. The second kappa shape index (κ2) is 7.01. The number of hydrogen-bond acceptors (Lipinski definition) is 3. The first-order valence-corrected chi connectivity index (χ1v) is 7.74. The Morgan fingerprint density at radius 3 is 2.54 bits per heavy atom. The lowest BCUT2D eigenvalue weighted by Gasteiger charge is -2.26. The van der Waals surface area contributed by atoms with Crippen molar-refractivity contribution < 1.29 is 18.3 Å².